The second-order valence-electron chi connectivity index (χ2n) is 5.98. The van der Waals surface area contributed by atoms with E-state index in [1.54, 1.807) is 18.0 Å². The van der Waals surface area contributed by atoms with E-state index in [4.69, 9.17) is 0 Å². The Kier molecular flexibility index (Phi) is 4.89. The maximum atomic E-state index is 12.4. The zero-order chi connectivity index (χ0) is 16.9. The van der Waals surface area contributed by atoms with E-state index in [-0.39, 0.29) is 24.3 Å². The van der Waals surface area contributed by atoms with E-state index >= 15 is 0 Å². The van der Waals surface area contributed by atoms with Crippen molar-refractivity contribution < 1.29 is 9.59 Å². The van der Waals surface area contributed by atoms with Crippen molar-refractivity contribution in [3.05, 3.63) is 65.5 Å². The number of rotatable bonds is 4. The predicted molar refractivity (Wildman–Crippen MR) is 91.0 cm³/mol. The molecule has 5 heteroatoms. The Morgan fingerprint density at radius 3 is 2.75 bits per heavy atom. The third-order valence-electron chi connectivity index (χ3n) is 4.39. The molecule has 2 amide bonds. The number of amides is 2. The molecule has 0 radical (unpaired) electrons. The lowest BCUT2D eigenvalue weighted by molar-refractivity contribution is -0.133. The molecule has 2 heterocycles. The number of carbonyl (C=O) groups is 2. The highest BCUT2D eigenvalue weighted by molar-refractivity contribution is 5.79. The largest absolute Gasteiger partial charge is 0.350 e. The van der Waals surface area contributed by atoms with Gasteiger partial charge in [0.2, 0.25) is 11.8 Å². The Balaban J connectivity index is 1.71. The molecule has 124 valence electrons. The van der Waals surface area contributed by atoms with Crippen molar-refractivity contribution in [3.8, 4) is 0 Å². The average Bonchev–Trinajstić information content (AvgIpc) is 2.61. The molecule has 1 N–H and O–H groups in total. The topological polar surface area (TPSA) is 62.3 Å². The van der Waals surface area contributed by atoms with Gasteiger partial charge in [0.25, 0.3) is 0 Å². The minimum Gasteiger partial charge on any atom is -0.350 e. The van der Waals surface area contributed by atoms with E-state index in [0.717, 1.165) is 17.7 Å². The molecule has 1 aliphatic heterocycles. The first kappa shape index (κ1) is 16.2. The standard InChI is InChI=1S/C19H21N3O2/c1-14(23)22-11-9-15-6-2-3-8-17(15)18(22)12-19(24)21-13-16-7-4-5-10-20-16/h2-8,10,18H,9,11-13H2,1H3,(H,21,24)/t18-/m1/s1. The fourth-order valence-corrected chi connectivity index (χ4v) is 3.19. The minimum atomic E-state index is -0.198. The van der Waals surface area contributed by atoms with Crippen molar-refractivity contribution in [3.63, 3.8) is 0 Å². The Bertz CT molecular complexity index is 730. The van der Waals surface area contributed by atoms with Crippen molar-refractivity contribution in [1.29, 1.82) is 0 Å². The summed E-state index contributed by atoms with van der Waals surface area (Å²) in [5.74, 6) is -0.0689. The molecule has 24 heavy (non-hydrogen) atoms. The average molecular weight is 323 g/mol. The highest BCUT2D eigenvalue weighted by Crippen LogP contribution is 2.32. The number of pyridine rings is 1. The van der Waals surface area contributed by atoms with Crippen molar-refractivity contribution in [2.24, 2.45) is 0 Å². The zero-order valence-corrected chi connectivity index (χ0v) is 13.7. The van der Waals surface area contributed by atoms with Crippen LogP contribution in [0.5, 0.6) is 0 Å². The number of hydrogen-bond acceptors (Lipinski definition) is 3. The number of carbonyl (C=O) groups excluding carboxylic acids is 2. The lowest BCUT2D eigenvalue weighted by atomic mass is 9.90. The van der Waals surface area contributed by atoms with Crippen LogP contribution in [0, 0.1) is 0 Å². The van der Waals surface area contributed by atoms with Gasteiger partial charge in [-0.1, -0.05) is 30.3 Å². The first-order chi connectivity index (χ1) is 11.6. The molecule has 2 aromatic rings. The van der Waals surface area contributed by atoms with Gasteiger partial charge in [0.05, 0.1) is 24.7 Å². The number of hydrogen-bond donors (Lipinski definition) is 1. The smallest absolute Gasteiger partial charge is 0.222 e. The summed E-state index contributed by atoms with van der Waals surface area (Å²) < 4.78 is 0. The molecule has 0 bridgehead atoms. The van der Waals surface area contributed by atoms with Crippen LogP contribution in [-0.2, 0) is 22.6 Å². The SMILES string of the molecule is CC(=O)N1CCc2ccccc2[C@H]1CC(=O)NCc1ccccn1. The van der Waals surface area contributed by atoms with Crippen LogP contribution < -0.4 is 5.32 Å². The van der Waals surface area contributed by atoms with E-state index in [1.165, 1.54) is 5.56 Å². The number of fused-ring (bicyclic) bond motifs is 1. The first-order valence-corrected chi connectivity index (χ1v) is 8.17. The summed E-state index contributed by atoms with van der Waals surface area (Å²) in [5, 5.41) is 2.90. The molecule has 0 aliphatic carbocycles. The molecule has 1 aromatic carbocycles. The van der Waals surface area contributed by atoms with Crippen LogP contribution in [0.3, 0.4) is 0 Å². The lowest BCUT2D eigenvalue weighted by Crippen LogP contribution is -2.41. The van der Waals surface area contributed by atoms with Crippen molar-refractivity contribution in [2.75, 3.05) is 6.54 Å². The monoisotopic (exact) mass is 323 g/mol. The molecule has 3 rings (SSSR count). The summed E-state index contributed by atoms with van der Waals surface area (Å²) in [6, 6.07) is 13.5. The molecule has 1 aliphatic rings. The van der Waals surface area contributed by atoms with Crippen LogP contribution in [-0.4, -0.2) is 28.2 Å². The number of nitrogens with zero attached hydrogens (tertiary/aromatic N) is 2. The third-order valence-corrected chi connectivity index (χ3v) is 4.39. The third kappa shape index (κ3) is 3.62. The normalized spacial score (nSPS) is 16.4. The van der Waals surface area contributed by atoms with E-state index in [9.17, 15) is 9.59 Å². The van der Waals surface area contributed by atoms with Crippen LogP contribution in [0.1, 0.15) is 36.2 Å². The van der Waals surface area contributed by atoms with Gasteiger partial charge >= 0.3 is 0 Å². The highest BCUT2D eigenvalue weighted by Gasteiger charge is 2.30. The van der Waals surface area contributed by atoms with Gasteiger partial charge in [0.15, 0.2) is 0 Å². The van der Waals surface area contributed by atoms with Gasteiger partial charge in [-0.15, -0.1) is 0 Å². The van der Waals surface area contributed by atoms with Crippen LogP contribution in [0.2, 0.25) is 0 Å². The maximum Gasteiger partial charge on any atom is 0.222 e. The lowest BCUT2D eigenvalue weighted by Gasteiger charge is -2.36. The quantitative estimate of drug-likeness (QED) is 0.938. The van der Waals surface area contributed by atoms with Crippen molar-refractivity contribution in [1.82, 2.24) is 15.2 Å². The minimum absolute atomic E-state index is 0.00651. The molecule has 0 saturated heterocycles. The van der Waals surface area contributed by atoms with Crippen molar-refractivity contribution >= 4 is 11.8 Å². The predicted octanol–water partition coefficient (Wildman–Crippen LogP) is 2.23. The maximum absolute atomic E-state index is 12.4. The van der Waals surface area contributed by atoms with Gasteiger partial charge in [-0.2, -0.15) is 0 Å². The van der Waals surface area contributed by atoms with E-state index in [1.807, 2.05) is 36.4 Å². The van der Waals surface area contributed by atoms with Crippen LogP contribution in [0.25, 0.3) is 0 Å². The fourth-order valence-electron chi connectivity index (χ4n) is 3.19. The molecule has 5 nitrogen and oxygen atoms in total. The van der Waals surface area contributed by atoms with Gasteiger partial charge in [0.1, 0.15) is 0 Å². The van der Waals surface area contributed by atoms with E-state index < -0.39 is 0 Å². The summed E-state index contributed by atoms with van der Waals surface area (Å²) >= 11 is 0. The molecular weight excluding hydrogens is 302 g/mol. The first-order valence-electron chi connectivity index (χ1n) is 8.17. The van der Waals surface area contributed by atoms with Crippen LogP contribution in [0.4, 0.5) is 0 Å². The van der Waals surface area contributed by atoms with E-state index in [0.29, 0.717) is 13.1 Å². The van der Waals surface area contributed by atoms with Gasteiger partial charge < -0.3 is 10.2 Å². The Morgan fingerprint density at radius 2 is 2.00 bits per heavy atom. The van der Waals surface area contributed by atoms with Gasteiger partial charge in [-0.3, -0.25) is 14.6 Å². The van der Waals surface area contributed by atoms with Crippen LogP contribution in [0.15, 0.2) is 48.7 Å². The second kappa shape index (κ2) is 7.25. The number of aromatic nitrogens is 1. The van der Waals surface area contributed by atoms with E-state index in [2.05, 4.69) is 16.4 Å². The van der Waals surface area contributed by atoms with Gasteiger partial charge in [-0.25, -0.2) is 0 Å². The molecule has 0 fully saturated rings. The summed E-state index contributed by atoms with van der Waals surface area (Å²) in [4.78, 5) is 30.3. The van der Waals surface area contributed by atoms with Crippen LogP contribution >= 0.6 is 0 Å². The summed E-state index contributed by atoms with van der Waals surface area (Å²) in [7, 11) is 0. The molecule has 0 unspecified atom stereocenters. The van der Waals surface area contributed by atoms with Gasteiger partial charge in [-0.05, 0) is 29.7 Å². The summed E-state index contributed by atoms with van der Waals surface area (Å²) in [5.41, 5.74) is 3.11. The Labute approximate surface area is 141 Å². The molecule has 1 atom stereocenters. The summed E-state index contributed by atoms with van der Waals surface area (Å²) in [6.45, 7) is 2.62. The molecular formula is C19H21N3O2. The van der Waals surface area contributed by atoms with Gasteiger partial charge in [0, 0.05) is 19.7 Å². The zero-order valence-electron chi connectivity index (χ0n) is 13.7. The summed E-state index contributed by atoms with van der Waals surface area (Å²) in [6.07, 6.45) is 2.81. The molecule has 0 spiro atoms. The number of benzene rings is 1. The Hall–Kier alpha value is -2.69. The number of nitrogens with one attached hydrogen (secondary N) is 1. The molecule has 0 saturated carbocycles. The fraction of sp³-hybridized carbons (Fsp3) is 0.316. The second-order valence-corrected chi connectivity index (χ2v) is 5.98. The van der Waals surface area contributed by atoms with Crippen molar-refractivity contribution in [2.45, 2.75) is 32.4 Å². The Morgan fingerprint density at radius 1 is 1.21 bits per heavy atom. The molecule has 1 aromatic heterocycles. The highest BCUT2D eigenvalue weighted by atomic mass is 16.2.